The van der Waals surface area contributed by atoms with Crippen molar-refractivity contribution in [1.29, 1.82) is 0 Å². The van der Waals surface area contributed by atoms with Crippen LogP contribution in [0.1, 0.15) is 26.7 Å². The first kappa shape index (κ1) is 11.6. The molecule has 0 aliphatic rings. The van der Waals surface area contributed by atoms with E-state index in [0.717, 1.165) is 6.92 Å². The summed E-state index contributed by atoms with van der Waals surface area (Å²) in [5.41, 5.74) is 0. The second kappa shape index (κ2) is 3.58. The van der Waals surface area contributed by atoms with E-state index in [1.807, 2.05) is 0 Å². The first-order valence-electron chi connectivity index (χ1n) is 3.61. The third-order valence-electron chi connectivity index (χ3n) is 1.59. The second-order valence-electron chi connectivity index (χ2n) is 2.76. The summed E-state index contributed by atoms with van der Waals surface area (Å²) in [5.74, 6) is -7.41. The Labute approximate surface area is 67.8 Å². The summed E-state index contributed by atoms with van der Waals surface area (Å²) in [5, 5.41) is 0. The fourth-order valence-corrected chi connectivity index (χ4v) is 0.610. The summed E-state index contributed by atoms with van der Waals surface area (Å²) >= 11 is 0. The molecule has 0 aliphatic heterocycles. The van der Waals surface area contributed by atoms with E-state index in [1.165, 1.54) is 0 Å². The van der Waals surface area contributed by atoms with Crippen LogP contribution >= 0.6 is 0 Å². The third-order valence-corrected chi connectivity index (χ3v) is 1.59. The molecule has 0 aromatic rings. The smallest absolute Gasteiger partial charge is 0.241 e. The van der Waals surface area contributed by atoms with Crippen LogP contribution in [0.4, 0.5) is 22.0 Å². The van der Waals surface area contributed by atoms with Gasteiger partial charge in [-0.15, -0.1) is 0 Å². The molecule has 0 saturated heterocycles. The highest BCUT2D eigenvalue weighted by atomic mass is 19.3. The summed E-state index contributed by atoms with van der Waals surface area (Å²) < 4.78 is 61.5. The average molecular weight is 190 g/mol. The van der Waals surface area contributed by atoms with E-state index < -0.39 is 30.9 Å². The molecule has 0 aromatic heterocycles. The highest BCUT2D eigenvalue weighted by Crippen LogP contribution is 2.35. The fraction of sp³-hybridized carbons (Fsp3) is 1.00. The highest BCUT2D eigenvalue weighted by Gasteiger charge is 2.46. The first-order chi connectivity index (χ1) is 5.21. The maximum absolute atomic E-state index is 12.4. The molecule has 0 nitrogen and oxygen atoms in total. The normalized spacial score (nSPS) is 16.2. The van der Waals surface area contributed by atoms with Gasteiger partial charge in [0, 0.05) is 6.42 Å². The van der Waals surface area contributed by atoms with Gasteiger partial charge in [-0.3, -0.25) is 0 Å². The molecular weight excluding hydrogens is 179 g/mol. The zero-order valence-electron chi connectivity index (χ0n) is 6.88. The lowest BCUT2D eigenvalue weighted by atomic mass is 10.1. The number of hydrogen-bond acceptors (Lipinski definition) is 0. The molecule has 0 rings (SSSR count). The van der Waals surface area contributed by atoms with Crippen LogP contribution in [-0.2, 0) is 0 Å². The molecular formula is C7H11F5. The van der Waals surface area contributed by atoms with Gasteiger partial charge in [-0.1, -0.05) is 6.92 Å². The molecule has 0 N–H and O–H groups in total. The Hall–Kier alpha value is -0.350. The number of hydrogen-bond donors (Lipinski definition) is 0. The molecule has 0 aromatic carbocycles. The largest absolute Gasteiger partial charge is 0.284 e. The van der Waals surface area contributed by atoms with Gasteiger partial charge >= 0.3 is 0 Å². The van der Waals surface area contributed by atoms with Crippen molar-refractivity contribution in [1.82, 2.24) is 0 Å². The molecule has 1 atom stereocenters. The van der Waals surface area contributed by atoms with Gasteiger partial charge < -0.3 is 0 Å². The van der Waals surface area contributed by atoms with Crippen LogP contribution in [0.15, 0.2) is 0 Å². The predicted octanol–water partition coefficient (Wildman–Crippen LogP) is 3.42. The van der Waals surface area contributed by atoms with Crippen molar-refractivity contribution in [3.63, 3.8) is 0 Å². The van der Waals surface area contributed by atoms with Crippen molar-refractivity contribution in [2.75, 3.05) is 0 Å². The van der Waals surface area contributed by atoms with Crippen LogP contribution in [0.25, 0.3) is 0 Å². The molecule has 0 fully saturated rings. The Balaban J connectivity index is 4.23. The monoisotopic (exact) mass is 190 g/mol. The van der Waals surface area contributed by atoms with E-state index in [-0.39, 0.29) is 0 Å². The molecule has 0 saturated carbocycles. The van der Waals surface area contributed by atoms with Crippen molar-refractivity contribution in [2.45, 2.75) is 44.7 Å². The van der Waals surface area contributed by atoms with E-state index >= 15 is 0 Å². The van der Waals surface area contributed by atoms with Gasteiger partial charge in [-0.2, -0.15) is 0 Å². The molecule has 0 radical (unpaired) electrons. The zero-order valence-corrected chi connectivity index (χ0v) is 6.88. The number of halogens is 5. The van der Waals surface area contributed by atoms with Crippen LogP contribution < -0.4 is 0 Å². The van der Waals surface area contributed by atoms with E-state index in [2.05, 4.69) is 0 Å². The van der Waals surface area contributed by atoms with Crippen LogP contribution in [0.5, 0.6) is 0 Å². The quantitative estimate of drug-likeness (QED) is 0.596. The molecule has 74 valence electrons. The van der Waals surface area contributed by atoms with Crippen molar-refractivity contribution in [3.8, 4) is 0 Å². The Bertz CT molecular complexity index is 141. The molecule has 0 aliphatic carbocycles. The average Bonchev–Trinajstić information content (AvgIpc) is 1.85. The molecule has 5 heteroatoms. The van der Waals surface area contributed by atoms with Gasteiger partial charge in [-0.25, -0.2) is 22.0 Å². The Morgan fingerprint density at radius 1 is 1.17 bits per heavy atom. The summed E-state index contributed by atoms with van der Waals surface area (Å²) in [4.78, 5) is 0. The van der Waals surface area contributed by atoms with E-state index in [9.17, 15) is 22.0 Å². The molecule has 0 unspecified atom stereocenters. The minimum Gasteiger partial charge on any atom is -0.241 e. The van der Waals surface area contributed by atoms with Crippen LogP contribution in [-0.4, -0.2) is 18.0 Å². The lowest BCUT2D eigenvalue weighted by molar-refractivity contribution is -0.142. The molecule has 0 amide bonds. The maximum Gasteiger partial charge on any atom is 0.284 e. The van der Waals surface area contributed by atoms with Gasteiger partial charge in [0.2, 0.25) is 0 Å². The van der Waals surface area contributed by atoms with Crippen molar-refractivity contribution < 1.29 is 22.0 Å². The van der Waals surface area contributed by atoms with Crippen LogP contribution in [0.2, 0.25) is 0 Å². The van der Waals surface area contributed by atoms with Crippen LogP contribution in [0, 0.1) is 0 Å². The Kier molecular flexibility index (Phi) is 3.47. The van der Waals surface area contributed by atoms with Gasteiger partial charge in [0.25, 0.3) is 11.8 Å². The molecule has 12 heavy (non-hydrogen) atoms. The minimum absolute atomic E-state index is 0.575. The van der Waals surface area contributed by atoms with E-state index in [0.29, 0.717) is 6.92 Å². The molecule has 0 bridgehead atoms. The van der Waals surface area contributed by atoms with Crippen molar-refractivity contribution >= 4 is 0 Å². The van der Waals surface area contributed by atoms with Gasteiger partial charge in [0.05, 0.1) is 6.42 Å². The topological polar surface area (TPSA) is 0 Å². The van der Waals surface area contributed by atoms with Gasteiger partial charge in [-0.05, 0) is 6.92 Å². The lowest BCUT2D eigenvalue weighted by Gasteiger charge is -2.22. The minimum atomic E-state index is -3.93. The number of alkyl halides is 5. The van der Waals surface area contributed by atoms with Gasteiger partial charge in [0.1, 0.15) is 0 Å². The first-order valence-corrected chi connectivity index (χ1v) is 3.61. The second-order valence-corrected chi connectivity index (χ2v) is 2.76. The molecule has 0 spiro atoms. The Morgan fingerprint density at radius 2 is 1.58 bits per heavy atom. The highest BCUT2D eigenvalue weighted by molar-refractivity contribution is 4.80. The fourth-order valence-electron chi connectivity index (χ4n) is 0.610. The zero-order chi connectivity index (χ0) is 9.99. The van der Waals surface area contributed by atoms with E-state index in [4.69, 9.17) is 0 Å². The molecule has 0 heterocycles. The van der Waals surface area contributed by atoms with Crippen LogP contribution in [0.3, 0.4) is 0 Å². The standard InChI is InChI=1S/C7H11F5/c1-3-6(9,10)4-7(11,12)5(2)8/h5H,3-4H2,1-2H3/t5-/m0/s1. The number of rotatable bonds is 4. The van der Waals surface area contributed by atoms with Gasteiger partial charge in [0.15, 0.2) is 6.17 Å². The lowest BCUT2D eigenvalue weighted by Crippen LogP contribution is -2.35. The summed E-state index contributed by atoms with van der Waals surface area (Å²) in [6.07, 6.45) is -4.95. The Morgan fingerprint density at radius 3 is 1.83 bits per heavy atom. The van der Waals surface area contributed by atoms with E-state index in [1.54, 1.807) is 0 Å². The summed E-state index contributed by atoms with van der Waals surface area (Å²) in [6, 6.07) is 0. The maximum atomic E-state index is 12.4. The summed E-state index contributed by atoms with van der Waals surface area (Å²) in [6.45, 7) is 1.66. The summed E-state index contributed by atoms with van der Waals surface area (Å²) in [7, 11) is 0. The van der Waals surface area contributed by atoms with Crippen molar-refractivity contribution in [3.05, 3.63) is 0 Å². The third kappa shape index (κ3) is 3.36. The SMILES string of the molecule is CCC(F)(F)CC(F)(F)[C@H](C)F. The predicted molar refractivity (Wildman–Crippen MR) is 35.4 cm³/mol. The van der Waals surface area contributed by atoms with Crippen molar-refractivity contribution in [2.24, 2.45) is 0 Å².